The molecule has 0 aliphatic rings. The zero-order valence-electron chi connectivity index (χ0n) is 18.7. The number of guanidine groups is 1. The molecular weight excluding hydrogens is 474 g/mol. The Morgan fingerprint density at radius 3 is 2.03 bits per heavy atom. The predicted molar refractivity (Wildman–Crippen MR) is 130 cm³/mol. The van der Waals surface area contributed by atoms with Gasteiger partial charge in [0.15, 0.2) is 5.96 Å². The molecular formula is C18H35N7O6S2. The minimum Gasteiger partial charge on any atom is -0.480 e. The third-order valence-corrected chi connectivity index (χ3v) is 5.45. The number of aliphatic hydroxyl groups is 1. The second-order valence-electron chi connectivity index (χ2n) is 7.20. The van der Waals surface area contributed by atoms with Gasteiger partial charge in [0.05, 0.1) is 6.10 Å². The molecule has 15 heteroatoms. The fourth-order valence-electron chi connectivity index (χ4n) is 2.49. The number of aliphatic imine (C=N–C) groups is 1. The zero-order chi connectivity index (χ0) is 25.6. The molecule has 0 aromatic rings. The van der Waals surface area contributed by atoms with Crippen molar-refractivity contribution >= 4 is 54.0 Å². The molecule has 5 atom stereocenters. The number of thiol groups is 1. The van der Waals surface area contributed by atoms with E-state index >= 15 is 0 Å². The molecule has 0 aromatic carbocycles. The number of carbonyl (C=O) groups is 4. The smallest absolute Gasteiger partial charge is 0.326 e. The molecule has 0 heterocycles. The Morgan fingerprint density at radius 2 is 1.55 bits per heavy atom. The lowest BCUT2D eigenvalue weighted by Gasteiger charge is -2.25. The number of carboxylic acid groups (broad SMARTS) is 1. The number of hydrogen-bond acceptors (Lipinski definition) is 9. The summed E-state index contributed by atoms with van der Waals surface area (Å²) >= 11 is 5.50. The van der Waals surface area contributed by atoms with Crippen LogP contribution in [0.2, 0.25) is 0 Å². The van der Waals surface area contributed by atoms with Crippen LogP contribution >= 0.6 is 24.4 Å². The van der Waals surface area contributed by atoms with E-state index in [1.54, 1.807) is 0 Å². The second kappa shape index (κ2) is 16.4. The van der Waals surface area contributed by atoms with Crippen molar-refractivity contribution in [3.63, 3.8) is 0 Å². The van der Waals surface area contributed by atoms with Crippen LogP contribution in [-0.4, -0.2) is 94.4 Å². The highest BCUT2D eigenvalue weighted by molar-refractivity contribution is 7.98. The van der Waals surface area contributed by atoms with Crippen molar-refractivity contribution in [3.05, 3.63) is 0 Å². The summed E-state index contributed by atoms with van der Waals surface area (Å²) in [5.41, 5.74) is 16.2. The first-order valence-corrected chi connectivity index (χ1v) is 12.2. The maximum absolute atomic E-state index is 12.8. The first-order valence-electron chi connectivity index (χ1n) is 10.2. The van der Waals surface area contributed by atoms with Crippen LogP contribution in [0.1, 0.15) is 26.2 Å². The van der Waals surface area contributed by atoms with Gasteiger partial charge in [-0.15, -0.1) is 0 Å². The lowest BCUT2D eigenvalue weighted by molar-refractivity contribution is -0.142. The Kier molecular flexibility index (Phi) is 15.3. The maximum atomic E-state index is 12.8. The molecule has 0 aliphatic heterocycles. The number of aliphatic carboxylic acids is 1. The van der Waals surface area contributed by atoms with Gasteiger partial charge in [0.25, 0.3) is 0 Å². The van der Waals surface area contributed by atoms with Crippen molar-refractivity contribution < 1.29 is 29.4 Å². The molecule has 5 unspecified atom stereocenters. The predicted octanol–water partition coefficient (Wildman–Crippen LogP) is -3.03. The van der Waals surface area contributed by atoms with Gasteiger partial charge in [0.1, 0.15) is 24.2 Å². The third-order valence-electron chi connectivity index (χ3n) is 4.44. The Balaban J connectivity index is 5.30. The first kappa shape index (κ1) is 30.8. The molecule has 190 valence electrons. The van der Waals surface area contributed by atoms with E-state index in [-0.39, 0.29) is 31.1 Å². The van der Waals surface area contributed by atoms with E-state index in [1.807, 2.05) is 6.26 Å². The van der Waals surface area contributed by atoms with Gasteiger partial charge in [-0.05, 0) is 38.2 Å². The number of carboxylic acids is 1. The molecule has 0 radical (unpaired) electrons. The summed E-state index contributed by atoms with van der Waals surface area (Å²) in [5, 5.41) is 26.1. The average Bonchev–Trinajstić information content (AvgIpc) is 2.75. The summed E-state index contributed by atoms with van der Waals surface area (Å²) in [6, 6.07) is -4.66. The number of nitrogens with zero attached hydrogens (tertiary/aromatic N) is 1. The summed E-state index contributed by atoms with van der Waals surface area (Å²) in [5.74, 6) is -3.12. The highest BCUT2D eigenvalue weighted by Gasteiger charge is 2.30. The Morgan fingerprint density at radius 1 is 1.00 bits per heavy atom. The van der Waals surface area contributed by atoms with Crippen molar-refractivity contribution in [1.29, 1.82) is 0 Å². The van der Waals surface area contributed by atoms with Crippen molar-refractivity contribution in [2.24, 2.45) is 22.2 Å². The van der Waals surface area contributed by atoms with Gasteiger partial charge in [-0.1, -0.05) is 0 Å². The van der Waals surface area contributed by atoms with E-state index < -0.39 is 54.0 Å². The van der Waals surface area contributed by atoms with E-state index in [2.05, 4.69) is 33.6 Å². The number of rotatable bonds is 16. The van der Waals surface area contributed by atoms with Crippen molar-refractivity contribution in [3.8, 4) is 0 Å². The minimum atomic E-state index is -1.27. The van der Waals surface area contributed by atoms with Crippen LogP contribution < -0.4 is 33.2 Å². The van der Waals surface area contributed by atoms with Crippen LogP contribution in [0, 0.1) is 0 Å². The number of thioether (sulfide) groups is 1. The largest absolute Gasteiger partial charge is 0.480 e. The molecule has 0 spiro atoms. The maximum Gasteiger partial charge on any atom is 0.326 e. The lowest BCUT2D eigenvalue weighted by Crippen LogP contribution is -2.58. The van der Waals surface area contributed by atoms with Gasteiger partial charge in [0.2, 0.25) is 17.7 Å². The summed E-state index contributed by atoms with van der Waals surface area (Å²) in [4.78, 5) is 52.8. The molecule has 33 heavy (non-hydrogen) atoms. The molecule has 3 amide bonds. The van der Waals surface area contributed by atoms with Crippen LogP contribution in [0.25, 0.3) is 0 Å². The molecule has 0 rings (SSSR count). The van der Waals surface area contributed by atoms with Crippen molar-refractivity contribution in [2.45, 2.75) is 56.5 Å². The number of amides is 3. The Labute approximate surface area is 202 Å². The number of nitrogens with one attached hydrogen (secondary N) is 3. The quantitative estimate of drug-likeness (QED) is 0.0441. The normalized spacial score (nSPS) is 15.3. The summed E-state index contributed by atoms with van der Waals surface area (Å²) in [7, 11) is 0. The van der Waals surface area contributed by atoms with E-state index in [9.17, 15) is 29.4 Å². The van der Waals surface area contributed by atoms with Crippen molar-refractivity contribution in [1.82, 2.24) is 16.0 Å². The zero-order valence-corrected chi connectivity index (χ0v) is 20.4. The highest BCUT2D eigenvalue weighted by atomic mass is 32.2. The third kappa shape index (κ3) is 12.6. The lowest BCUT2D eigenvalue weighted by atomic mass is 10.1. The first-order chi connectivity index (χ1) is 15.4. The van der Waals surface area contributed by atoms with Gasteiger partial charge in [-0.3, -0.25) is 19.4 Å². The van der Waals surface area contributed by atoms with Crippen LogP contribution in [0.15, 0.2) is 4.99 Å². The fourth-order valence-corrected chi connectivity index (χ4v) is 3.22. The van der Waals surface area contributed by atoms with Gasteiger partial charge in [0, 0.05) is 12.3 Å². The molecule has 0 saturated carbocycles. The van der Waals surface area contributed by atoms with Crippen LogP contribution in [0.4, 0.5) is 0 Å². The summed E-state index contributed by atoms with van der Waals surface area (Å²) < 4.78 is 0. The number of aliphatic hydroxyl groups excluding tert-OH is 1. The van der Waals surface area contributed by atoms with Crippen LogP contribution in [0.3, 0.4) is 0 Å². The highest BCUT2D eigenvalue weighted by Crippen LogP contribution is 2.04. The van der Waals surface area contributed by atoms with Gasteiger partial charge >= 0.3 is 5.97 Å². The molecule has 0 bridgehead atoms. The van der Waals surface area contributed by atoms with Gasteiger partial charge < -0.3 is 43.4 Å². The average molecular weight is 510 g/mol. The van der Waals surface area contributed by atoms with E-state index in [1.165, 1.54) is 18.7 Å². The fraction of sp³-hybridized carbons (Fsp3) is 0.722. The Hall–Kier alpha value is -2.23. The molecule has 0 aliphatic carbocycles. The Bertz CT molecular complexity index is 691. The SMILES string of the molecule is CSCCC(NC(=O)C(CS)NC(=O)C(CCCN=C(N)N)NC(=O)C(N)C(C)O)C(=O)O. The molecule has 11 N–H and O–H groups in total. The van der Waals surface area contributed by atoms with E-state index in [0.29, 0.717) is 12.2 Å². The number of nitrogens with two attached hydrogens (primary N) is 3. The van der Waals surface area contributed by atoms with Gasteiger partial charge in [-0.25, -0.2) is 4.79 Å². The molecule has 13 nitrogen and oxygen atoms in total. The minimum absolute atomic E-state index is 0.104. The molecule has 0 saturated heterocycles. The summed E-state index contributed by atoms with van der Waals surface area (Å²) in [6.45, 7) is 1.52. The van der Waals surface area contributed by atoms with Crippen LogP contribution in [-0.2, 0) is 19.2 Å². The summed E-state index contributed by atoms with van der Waals surface area (Å²) in [6.07, 6.45) is 1.28. The van der Waals surface area contributed by atoms with E-state index in [0.717, 1.165) is 0 Å². The second-order valence-corrected chi connectivity index (χ2v) is 8.55. The monoisotopic (exact) mass is 509 g/mol. The molecule has 0 fully saturated rings. The number of carbonyl (C=O) groups excluding carboxylic acids is 3. The van der Waals surface area contributed by atoms with E-state index in [4.69, 9.17) is 17.2 Å². The molecule has 0 aromatic heterocycles. The number of hydrogen-bond donors (Lipinski definition) is 9. The topological polar surface area (TPSA) is 235 Å². The standard InChI is InChI=1S/C18H35N7O6S2/c1-9(26)13(19)16(29)23-10(4-3-6-22-18(20)21)14(27)25-12(8-32)15(28)24-11(17(30)31)5-7-33-2/h9-13,26,32H,3-8,19H2,1-2H3,(H,23,29)(H,24,28)(H,25,27)(H,30,31)(H4,20,21,22). The van der Waals surface area contributed by atoms with Crippen LogP contribution in [0.5, 0.6) is 0 Å². The van der Waals surface area contributed by atoms with Crippen molar-refractivity contribution in [2.75, 3.05) is 24.3 Å². The van der Waals surface area contributed by atoms with Gasteiger partial charge in [-0.2, -0.15) is 24.4 Å².